The van der Waals surface area contributed by atoms with Crippen molar-refractivity contribution in [3.63, 3.8) is 0 Å². The number of aryl methyl sites for hydroxylation is 1. The van der Waals surface area contributed by atoms with Crippen molar-refractivity contribution < 1.29 is 4.79 Å². The molecule has 2 heterocycles. The molecule has 0 spiro atoms. The van der Waals surface area contributed by atoms with Gasteiger partial charge in [0.25, 0.3) is 0 Å². The first-order valence-electron chi connectivity index (χ1n) is 11.3. The number of nitrogens with zero attached hydrogens (tertiary/aromatic N) is 3. The molecule has 2 atom stereocenters. The number of nitrogens with one attached hydrogen (secondary N) is 1. The lowest BCUT2D eigenvalue weighted by molar-refractivity contribution is -0.124. The molecule has 2 aliphatic carbocycles. The minimum absolute atomic E-state index is 0.0103. The summed E-state index contributed by atoms with van der Waals surface area (Å²) in [6.07, 6.45) is 5.07. The number of hydrogen-bond acceptors (Lipinski definition) is 3. The van der Waals surface area contributed by atoms with E-state index < -0.39 is 0 Å². The van der Waals surface area contributed by atoms with Crippen LogP contribution in [0.25, 0.3) is 11.2 Å². The maximum atomic E-state index is 12.8. The lowest BCUT2D eigenvalue weighted by atomic mass is 9.68. The van der Waals surface area contributed by atoms with Crippen LogP contribution in [0.1, 0.15) is 78.3 Å². The van der Waals surface area contributed by atoms with Gasteiger partial charge in [-0.25, -0.2) is 9.78 Å². The monoisotopic (exact) mass is 412 g/mol. The third-order valence-corrected chi connectivity index (χ3v) is 6.92. The third-order valence-electron chi connectivity index (χ3n) is 6.92. The Morgan fingerprint density at radius 3 is 2.57 bits per heavy atom. The topological polar surface area (TPSA) is 68.9 Å². The second kappa shape index (κ2) is 7.24. The Labute approximate surface area is 179 Å². The van der Waals surface area contributed by atoms with Gasteiger partial charge in [-0.2, -0.15) is 0 Å². The van der Waals surface area contributed by atoms with E-state index in [2.05, 4.69) is 52.1 Å². The van der Waals surface area contributed by atoms with E-state index in [4.69, 9.17) is 4.98 Å². The standard InChI is InChI=1S/C24H36N4O2/c1-23(2,3)14-28-18-10-9-17(25-20(18)27(6)22(28)30)16-11-12-24(4,5)19(13-16)26-21(29)15-7-8-15/h9-10,15-16,19H,7-8,11-14H2,1-6H3,(H,26,29). The highest BCUT2D eigenvalue weighted by molar-refractivity contribution is 5.81. The number of amides is 1. The zero-order chi connectivity index (χ0) is 21.8. The number of imidazole rings is 1. The smallest absolute Gasteiger partial charge is 0.330 e. The first-order valence-corrected chi connectivity index (χ1v) is 11.3. The van der Waals surface area contributed by atoms with Gasteiger partial charge in [-0.1, -0.05) is 34.6 Å². The highest BCUT2D eigenvalue weighted by atomic mass is 16.2. The summed E-state index contributed by atoms with van der Waals surface area (Å²) in [4.78, 5) is 30.2. The van der Waals surface area contributed by atoms with Crippen LogP contribution in [0.4, 0.5) is 0 Å². The van der Waals surface area contributed by atoms with E-state index in [1.165, 1.54) is 0 Å². The van der Waals surface area contributed by atoms with E-state index >= 15 is 0 Å². The molecule has 2 saturated carbocycles. The van der Waals surface area contributed by atoms with Crippen LogP contribution in [-0.2, 0) is 18.4 Å². The molecular weight excluding hydrogens is 376 g/mol. The van der Waals surface area contributed by atoms with Gasteiger partial charge in [-0.3, -0.25) is 13.9 Å². The van der Waals surface area contributed by atoms with E-state index in [0.29, 0.717) is 12.5 Å². The molecule has 1 amide bonds. The van der Waals surface area contributed by atoms with Gasteiger partial charge in [0, 0.05) is 37.2 Å². The van der Waals surface area contributed by atoms with Crippen LogP contribution in [0.15, 0.2) is 16.9 Å². The van der Waals surface area contributed by atoms with E-state index in [-0.39, 0.29) is 34.4 Å². The highest BCUT2D eigenvalue weighted by Gasteiger charge is 2.40. The zero-order valence-corrected chi connectivity index (χ0v) is 19.3. The summed E-state index contributed by atoms with van der Waals surface area (Å²) in [5.74, 6) is 0.750. The van der Waals surface area contributed by atoms with Gasteiger partial charge in [0.1, 0.15) is 0 Å². The van der Waals surface area contributed by atoms with Crippen molar-refractivity contribution in [1.29, 1.82) is 0 Å². The summed E-state index contributed by atoms with van der Waals surface area (Å²) in [5.41, 5.74) is 2.78. The number of carbonyl (C=O) groups excluding carboxylic acids is 1. The van der Waals surface area contributed by atoms with Crippen LogP contribution < -0.4 is 11.0 Å². The van der Waals surface area contributed by atoms with Crippen molar-refractivity contribution in [3.8, 4) is 0 Å². The fourth-order valence-electron chi connectivity index (χ4n) is 4.74. The van der Waals surface area contributed by atoms with Gasteiger partial charge < -0.3 is 5.32 Å². The van der Waals surface area contributed by atoms with Gasteiger partial charge in [-0.15, -0.1) is 0 Å². The summed E-state index contributed by atoms with van der Waals surface area (Å²) >= 11 is 0. The Morgan fingerprint density at radius 1 is 1.23 bits per heavy atom. The normalized spacial score (nSPS) is 24.2. The van der Waals surface area contributed by atoms with Crippen LogP contribution >= 0.6 is 0 Å². The van der Waals surface area contributed by atoms with Gasteiger partial charge in [0.15, 0.2) is 5.65 Å². The van der Waals surface area contributed by atoms with Gasteiger partial charge in [0.2, 0.25) is 5.91 Å². The van der Waals surface area contributed by atoms with Crippen LogP contribution in [0.3, 0.4) is 0 Å². The van der Waals surface area contributed by atoms with E-state index in [1.54, 1.807) is 4.57 Å². The van der Waals surface area contributed by atoms with Crippen molar-refractivity contribution in [2.75, 3.05) is 0 Å². The number of fused-ring (bicyclic) bond motifs is 1. The summed E-state index contributed by atoms with van der Waals surface area (Å²) in [7, 11) is 1.81. The van der Waals surface area contributed by atoms with Crippen molar-refractivity contribution in [2.45, 2.75) is 85.2 Å². The van der Waals surface area contributed by atoms with Crippen molar-refractivity contribution in [3.05, 3.63) is 28.3 Å². The average Bonchev–Trinajstić information content (AvgIpc) is 3.48. The molecule has 0 aliphatic heterocycles. The molecular formula is C24H36N4O2. The van der Waals surface area contributed by atoms with Crippen molar-refractivity contribution in [2.24, 2.45) is 23.8 Å². The van der Waals surface area contributed by atoms with Crippen molar-refractivity contribution in [1.82, 2.24) is 19.4 Å². The average molecular weight is 413 g/mol. The van der Waals surface area contributed by atoms with E-state index in [0.717, 1.165) is 49.0 Å². The number of aromatic nitrogens is 3. The minimum Gasteiger partial charge on any atom is -0.353 e. The molecule has 2 aromatic rings. The summed E-state index contributed by atoms with van der Waals surface area (Å²) < 4.78 is 3.51. The second-order valence-electron chi connectivity index (χ2n) is 11.4. The Morgan fingerprint density at radius 2 is 1.93 bits per heavy atom. The van der Waals surface area contributed by atoms with E-state index in [1.807, 2.05) is 11.6 Å². The SMILES string of the molecule is Cn1c(=O)n(CC(C)(C)C)c2ccc(C3CCC(C)(C)C(NC(=O)C4CC4)C3)nc21. The molecule has 6 nitrogen and oxygen atoms in total. The first-order chi connectivity index (χ1) is 14.0. The predicted octanol–water partition coefficient (Wildman–Crippen LogP) is 3.97. The van der Waals surface area contributed by atoms with Crippen molar-refractivity contribution >= 4 is 17.1 Å². The Kier molecular flexibility index (Phi) is 5.10. The first kappa shape index (κ1) is 21.1. The van der Waals surface area contributed by atoms with Crippen LogP contribution in [0.5, 0.6) is 0 Å². The molecule has 4 rings (SSSR count). The maximum absolute atomic E-state index is 12.8. The highest BCUT2D eigenvalue weighted by Crippen LogP contribution is 2.43. The molecule has 164 valence electrons. The van der Waals surface area contributed by atoms with Gasteiger partial charge >= 0.3 is 5.69 Å². The molecule has 0 saturated heterocycles. The number of carbonyl (C=O) groups is 1. The number of rotatable bonds is 4. The van der Waals surface area contributed by atoms with Gasteiger partial charge in [0.05, 0.1) is 5.52 Å². The predicted molar refractivity (Wildman–Crippen MR) is 119 cm³/mol. The zero-order valence-electron chi connectivity index (χ0n) is 19.3. The fourth-order valence-corrected chi connectivity index (χ4v) is 4.74. The minimum atomic E-state index is -0.0103. The van der Waals surface area contributed by atoms with Gasteiger partial charge in [-0.05, 0) is 55.1 Å². The maximum Gasteiger partial charge on any atom is 0.330 e. The lowest BCUT2D eigenvalue weighted by Crippen LogP contribution is -2.48. The second-order valence-corrected chi connectivity index (χ2v) is 11.4. The molecule has 0 aromatic carbocycles. The van der Waals surface area contributed by atoms with Crippen LogP contribution in [-0.4, -0.2) is 26.1 Å². The number of hydrogen-bond donors (Lipinski definition) is 1. The molecule has 0 bridgehead atoms. The largest absolute Gasteiger partial charge is 0.353 e. The lowest BCUT2D eigenvalue weighted by Gasteiger charge is -2.42. The molecule has 2 fully saturated rings. The third kappa shape index (κ3) is 4.06. The van der Waals surface area contributed by atoms with E-state index in [9.17, 15) is 9.59 Å². The fraction of sp³-hybridized carbons (Fsp3) is 0.708. The Bertz CT molecular complexity index is 1020. The van der Waals surface area contributed by atoms with Crippen LogP contribution in [0.2, 0.25) is 0 Å². The Balaban J connectivity index is 1.62. The Hall–Kier alpha value is -2.11. The quantitative estimate of drug-likeness (QED) is 0.826. The summed E-state index contributed by atoms with van der Waals surface area (Å²) in [5, 5.41) is 3.33. The van der Waals surface area contributed by atoms with Crippen LogP contribution in [0, 0.1) is 16.7 Å². The molecule has 2 unspecified atom stereocenters. The summed E-state index contributed by atoms with van der Waals surface area (Å²) in [6.45, 7) is 11.6. The molecule has 6 heteroatoms. The number of pyridine rings is 1. The summed E-state index contributed by atoms with van der Waals surface area (Å²) in [6, 6.07) is 4.31. The molecule has 1 N–H and O–H groups in total. The molecule has 0 radical (unpaired) electrons. The molecule has 2 aromatic heterocycles. The molecule has 2 aliphatic rings. The molecule has 30 heavy (non-hydrogen) atoms.